The van der Waals surface area contributed by atoms with Crippen molar-refractivity contribution in [1.29, 1.82) is 0 Å². The van der Waals surface area contributed by atoms with Gasteiger partial charge >= 0.3 is 0 Å². The third-order valence-corrected chi connectivity index (χ3v) is 6.78. The Morgan fingerprint density at radius 2 is 1.61 bits per heavy atom. The summed E-state index contributed by atoms with van der Waals surface area (Å²) >= 11 is 7.19. The summed E-state index contributed by atoms with van der Waals surface area (Å²) in [5.41, 5.74) is 6.10. The van der Waals surface area contributed by atoms with Gasteiger partial charge in [0.1, 0.15) is 12.4 Å². The second kappa shape index (κ2) is 14.0. The summed E-state index contributed by atoms with van der Waals surface area (Å²) in [7, 11) is 0. The molecule has 2 heterocycles. The van der Waals surface area contributed by atoms with Gasteiger partial charge in [0.2, 0.25) is 5.16 Å². The first kappa shape index (κ1) is 27.8. The standard InChI is InChI=1S/C30H24ClN7O2S/c31-26-10-6-23(7-11-26)19-34-38-29(25-14-16-32-17-15-25)36-37-30(38)41-21-28(39)35-33-18-22-8-12-27(13-9-22)40-20-24-4-2-1-3-5-24/h1-19H,20-21H2,(H,35,39)/b33-18+,34-19+. The van der Waals surface area contributed by atoms with Gasteiger partial charge in [-0.15, -0.1) is 10.2 Å². The Bertz CT molecular complexity index is 1630. The number of hydrogen-bond donors (Lipinski definition) is 1. The lowest BCUT2D eigenvalue weighted by Crippen LogP contribution is -2.19. The first-order valence-electron chi connectivity index (χ1n) is 12.5. The SMILES string of the molecule is O=C(CSc1nnc(-c2ccncc2)n1/N=C/c1ccc(Cl)cc1)N/N=C/c1ccc(OCc2ccccc2)cc1. The van der Waals surface area contributed by atoms with E-state index in [0.717, 1.165) is 28.0 Å². The van der Waals surface area contributed by atoms with Gasteiger partial charge in [-0.1, -0.05) is 65.8 Å². The number of halogens is 1. The molecular weight excluding hydrogens is 558 g/mol. The fourth-order valence-corrected chi connectivity index (χ4v) is 4.35. The van der Waals surface area contributed by atoms with E-state index in [0.29, 0.717) is 22.6 Å². The number of amides is 1. The molecule has 0 atom stereocenters. The van der Waals surface area contributed by atoms with Crippen molar-refractivity contribution in [1.82, 2.24) is 25.3 Å². The summed E-state index contributed by atoms with van der Waals surface area (Å²) in [5.74, 6) is 1.04. The van der Waals surface area contributed by atoms with Gasteiger partial charge in [0.05, 0.1) is 18.2 Å². The highest BCUT2D eigenvalue weighted by atomic mass is 35.5. The number of benzene rings is 3. The number of rotatable bonds is 11. The molecule has 5 rings (SSSR count). The molecule has 204 valence electrons. The molecular formula is C30H24ClN7O2S. The Labute approximate surface area is 246 Å². The molecule has 41 heavy (non-hydrogen) atoms. The summed E-state index contributed by atoms with van der Waals surface area (Å²) in [6, 6.07) is 28.3. The molecule has 0 fully saturated rings. The molecule has 9 nitrogen and oxygen atoms in total. The van der Waals surface area contributed by atoms with Gasteiger partial charge in [-0.2, -0.15) is 14.9 Å². The smallest absolute Gasteiger partial charge is 0.250 e. The number of nitrogens with one attached hydrogen (secondary N) is 1. The van der Waals surface area contributed by atoms with Gasteiger partial charge in [-0.3, -0.25) is 9.78 Å². The topological polar surface area (TPSA) is 107 Å². The Hall–Kier alpha value is -4.80. The van der Waals surface area contributed by atoms with Crippen LogP contribution in [0.3, 0.4) is 0 Å². The maximum Gasteiger partial charge on any atom is 0.250 e. The minimum absolute atomic E-state index is 0.0640. The Morgan fingerprint density at radius 1 is 0.902 bits per heavy atom. The Kier molecular flexibility index (Phi) is 9.49. The Morgan fingerprint density at radius 3 is 2.37 bits per heavy atom. The van der Waals surface area contributed by atoms with Gasteiger partial charge in [0.15, 0.2) is 5.82 Å². The number of ether oxygens (including phenoxy) is 1. The van der Waals surface area contributed by atoms with E-state index in [1.165, 1.54) is 11.8 Å². The van der Waals surface area contributed by atoms with Crippen LogP contribution in [0.15, 0.2) is 119 Å². The lowest BCUT2D eigenvalue weighted by Gasteiger charge is -2.06. The van der Waals surface area contributed by atoms with Crippen LogP contribution in [0.1, 0.15) is 16.7 Å². The van der Waals surface area contributed by atoms with E-state index < -0.39 is 0 Å². The minimum Gasteiger partial charge on any atom is -0.489 e. The number of hydrazone groups is 1. The largest absolute Gasteiger partial charge is 0.489 e. The molecule has 0 unspecified atom stereocenters. The van der Waals surface area contributed by atoms with Crippen molar-refractivity contribution < 1.29 is 9.53 Å². The van der Waals surface area contributed by atoms with Crippen molar-refractivity contribution >= 4 is 41.7 Å². The average Bonchev–Trinajstić information content (AvgIpc) is 3.43. The van der Waals surface area contributed by atoms with Crippen LogP contribution in [-0.2, 0) is 11.4 Å². The highest BCUT2D eigenvalue weighted by Crippen LogP contribution is 2.23. The lowest BCUT2D eigenvalue weighted by atomic mass is 10.2. The molecule has 0 aliphatic rings. The second-order valence-corrected chi connectivity index (χ2v) is 9.95. The predicted molar refractivity (Wildman–Crippen MR) is 161 cm³/mol. The van der Waals surface area contributed by atoms with E-state index in [1.54, 1.807) is 41.6 Å². The first-order chi connectivity index (χ1) is 20.1. The second-order valence-electron chi connectivity index (χ2n) is 8.58. The van der Waals surface area contributed by atoms with Crippen LogP contribution in [0.2, 0.25) is 5.02 Å². The van der Waals surface area contributed by atoms with E-state index in [1.807, 2.05) is 78.9 Å². The molecule has 0 aliphatic heterocycles. The maximum absolute atomic E-state index is 12.5. The monoisotopic (exact) mass is 581 g/mol. The third-order valence-electron chi connectivity index (χ3n) is 5.61. The quantitative estimate of drug-likeness (QED) is 0.122. The van der Waals surface area contributed by atoms with Crippen LogP contribution in [-0.4, -0.2) is 43.9 Å². The lowest BCUT2D eigenvalue weighted by molar-refractivity contribution is -0.118. The van der Waals surface area contributed by atoms with Crippen molar-refractivity contribution in [3.8, 4) is 17.1 Å². The number of thioether (sulfide) groups is 1. The molecule has 11 heteroatoms. The summed E-state index contributed by atoms with van der Waals surface area (Å²) in [6.07, 6.45) is 6.59. The van der Waals surface area contributed by atoms with Crippen molar-refractivity contribution in [2.24, 2.45) is 10.2 Å². The van der Waals surface area contributed by atoms with Gasteiger partial charge in [-0.05, 0) is 65.2 Å². The van der Waals surface area contributed by atoms with Gasteiger partial charge in [0, 0.05) is 23.0 Å². The summed E-state index contributed by atoms with van der Waals surface area (Å²) in [6.45, 7) is 0.492. The van der Waals surface area contributed by atoms with Crippen molar-refractivity contribution in [3.63, 3.8) is 0 Å². The number of aromatic nitrogens is 4. The number of carbonyl (C=O) groups is 1. The van der Waals surface area contributed by atoms with Crippen molar-refractivity contribution in [2.45, 2.75) is 11.8 Å². The fraction of sp³-hybridized carbons (Fsp3) is 0.0667. The molecule has 3 aromatic carbocycles. The van der Waals surface area contributed by atoms with Gasteiger partial charge < -0.3 is 4.74 Å². The van der Waals surface area contributed by atoms with Crippen LogP contribution in [0.4, 0.5) is 0 Å². The van der Waals surface area contributed by atoms with Crippen LogP contribution >= 0.6 is 23.4 Å². The van der Waals surface area contributed by atoms with E-state index in [-0.39, 0.29) is 11.7 Å². The number of carbonyl (C=O) groups excluding carboxylic acids is 1. The molecule has 1 N–H and O–H groups in total. The van der Waals surface area contributed by atoms with E-state index in [2.05, 4.69) is 30.8 Å². The molecule has 0 aliphatic carbocycles. The Balaban J connectivity index is 1.18. The molecule has 0 saturated carbocycles. The van der Waals surface area contributed by atoms with Gasteiger partial charge in [-0.25, -0.2) is 5.43 Å². The molecule has 0 saturated heterocycles. The number of nitrogens with zero attached hydrogens (tertiary/aromatic N) is 6. The zero-order chi connectivity index (χ0) is 28.3. The highest BCUT2D eigenvalue weighted by molar-refractivity contribution is 7.99. The van der Waals surface area contributed by atoms with Crippen LogP contribution in [0.25, 0.3) is 11.4 Å². The van der Waals surface area contributed by atoms with E-state index in [9.17, 15) is 4.79 Å². The zero-order valence-electron chi connectivity index (χ0n) is 21.7. The average molecular weight is 582 g/mol. The van der Waals surface area contributed by atoms with Crippen LogP contribution in [0.5, 0.6) is 5.75 Å². The zero-order valence-corrected chi connectivity index (χ0v) is 23.2. The molecule has 0 spiro atoms. The predicted octanol–water partition coefficient (Wildman–Crippen LogP) is 5.70. The molecule has 0 radical (unpaired) electrons. The number of pyridine rings is 1. The third kappa shape index (κ3) is 8.10. The molecule has 1 amide bonds. The first-order valence-corrected chi connectivity index (χ1v) is 13.9. The molecule has 0 bridgehead atoms. The summed E-state index contributed by atoms with van der Waals surface area (Å²) in [5, 5.41) is 18.3. The fourth-order valence-electron chi connectivity index (χ4n) is 3.55. The van der Waals surface area contributed by atoms with Crippen LogP contribution < -0.4 is 10.2 Å². The summed E-state index contributed by atoms with van der Waals surface area (Å²) < 4.78 is 7.39. The van der Waals surface area contributed by atoms with E-state index >= 15 is 0 Å². The normalized spacial score (nSPS) is 11.2. The number of hydrogen-bond acceptors (Lipinski definition) is 8. The van der Waals surface area contributed by atoms with Gasteiger partial charge in [0.25, 0.3) is 5.91 Å². The van der Waals surface area contributed by atoms with Crippen molar-refractivity contribution in [2.75, 3.05) is 5.75 Å². The molecule has 5 aromatic rings. The molecule has 2 aromatic heterocycles. The summed E-state index contributed by atoms with van der Waals surface area (Å²) in [4.78, 5) is 16.6. The van der Waals surface area contributed by atoms with Crippen LogP contribution in [0, 0.1) is 0 Å². The minimum atomic E-state index is -0.296. The van der Waals surface area contributed by atoms with E-state index in [4.69, 9.17) is 16.3 Å². The van der Waals surface area contributed by atoms with Crippen molar-refractivity contribution in [3.05, 3.63) is 125 Å². The maximum atomic E-state index is 12.5. The highest BCUT2D eigenvalue weighted by Gasteiger charge is 2.15.